The van der Waals surface area contributed by atoms with Crippen LogP contribution in [-0.4, -0.2) is 3.76 Å². The molecule has 4 nitrogen and oxygen atoms in total. The fourth-order valence-corrected chi connectivity index (χ4v) is 0. The third-order valence-corrected chi connectivity index (χ3v) is 0.682. The molecule has 0 aromatic heterocycles. The Morgan fingerprint density at radius 1 is 1.67 bits per heavy atom. The van der Waals surface area contributed by atoms with Crippen LogP contribution in [0.5, 0.6) is 0 Å². The van der Waals surface area contributed by atoms with Crippen LogP contribution in [0.4, 0.5) is 0 Å². The molecule has 0 radical (unpaired) electrons. The quantitative estimate of drug-likeness (QED) is 0.485. The van der Waals surface area contributed by atoms with Gasteiger partial charge in [0.25, 0.3) is 0 Å². The Bertz CT molecular complexity index is 160. The van der Waals surface area contributed by atoms with Crippen molar-refractivity contribution in [1.29, 1.82) is 5.26 Å². The Morgan fingerprint density at radius 2 is 1.83 bits per heavy atom. The monoisotopic (exact) mass is 173 g/mol. The van der Waals surface area contributed by atoms with Crippen LogP contribution in [0.1, 0.15) is 0 Å². The molecule has 0 fully saturated rings. The minimum atomic E-state index is -5.26. The van der Waals surface area contributed by atoms with Gasteiger partial charge < -0.3 is 0 Å². The second-order valence-corrected chi connectivity index (χ2v) is 3.35. The van der Waals surface area contributed by atoms with Crippen molar-refractivity contribution in [2.45, 2.75) is 0 Å². The van der Waals surface area contributed by atoms with Crippen molar-refractivity contribution in [2.24, 2.45) is 0 Å². The number of nitrogens with zero attached hydrogens (tertiary/aromatic N) is 1. The average Bonchev–Trinajstić information content (AvgIpc) is 1.35. The summed E-state index contributed by atoms with van der Waals surface area (Å²) in [7, 11) is 0. The molecule has 0 saturated heterocycles. The number of nitriles is 1. The molecule has 0 aliphatic rings. The first-order chi connectivity index (χ1) is 2.56. The zero-order valence-corrected chi connectivity index (χ0v) is 4.63. The summed E-state index contributed by atoms with van der Waals surface area (Å²) in [6, 6.07) is 0. The van der Waals surface area contributed by atoms with Crippen LogP contribution in [0.25, 0.3) is 0 Å². The van der Waals surface area contributed by atoms with Crippen LogP contribution in [0.3, 0.4) is 0 Å². The molecule has 0 aliphatic heterocycles. The molecule has 1 N–H and O–H groups in total. The van der Waals surface area contributed by atoms with Gasteiger partial charge in [-0.2, -0.15) is 0 Å². The molecule has 0 aliphatic carbocycles. The van der Waals surface area contributed by atoms with E-state index in [0.717, 1.165) is 4.46 Å². The van der Waals surface area contributed by atoms with Crippen LogP contribution in [0.15, 0.2) is 0 Å². The third kappa shape index (κ3) is 3.74. The summed E-state index contributed by atoms with van der Waals surface area (Å²) in [6.45, 7) is 0. The van der Waals surface area contributed by atoms with Gasteiger partial charge in [-0.3, -0.25) is 0 Å². The van der Waals surface area contributed by atoms with E-state index in [2.05, 4.69) is 0 Å². The van der Waals surface area contributed by atoms with Crippen molar-refractivity contribution in [2.75, 3.05) is 0 Å². The zero-order chi connectivity index (χ0) is 5.21. The first-order valence-corrected chi connectivity index (χ1v) is 4.48. The Kier molecular flexibility index (Phi) is 1.39. The standard InChI is InChI=1S/CN.Mo.H2O.2O/c1-2;;;;/h;;1H2;;/q;+1;;;/p-1. The van der Waals surface area contributed by atoms with Gasteiger partial charge in [0.1, 0.15) is 0 Å². The van der Waals surface area contributed by atoms with E-state index in [4.69, 9.17) is 9.02 Å². The van der Waals surface area contributed by atoms with E-state index >= 15 is 0 Å². The number of hydrogen-bond donors (Lipinski definition) is 1. The van der Waals surface area contributed by atoms with Crippen LogP contribution in [0.2, 0.25) is 0 Å². The predicted molar refractivity (Wildman–Crippen MR) is 9.20 cm³/mol. The van der Waals surface area contributed by atoms with E-state index in [0.29, 0.717) is 0 Å². The Balaban J connectivity index is 4.41. The van der Waals surface area contributed by atoms with Crippen LogP contribution in [0, 0.1) is 9.72 Å². The van der Waals surface area contributed by atoms with E-state index in [1.54, 1.807) is 0 Å². The summed E-state index contributed by atoms with van der Waals surface area (Å²) in [4.78, 5) is 0. The summed E-state index contributed by atoms with van der Waals surface area (Å²) >= 11 is -5.26. The number of hydrogen-bond acceptors (Lipinski definition) is 3. The maximum atomic E-state index is 9.30. The van der Waals surface area contributed by atoms with Gasteiger partial charge in [0.2, 0.25) is 0 Å². The molecular formula is CHMoNO3. The fourth-order valence-electron chi connectivity index (χ4n) is 0. The normalized spacial score (nSPS) is 10.0. The molecule has 0 unspecified atom stereocenters. The summed E-state index contributed by atoms with van der Waals surface area (Å²) < 4.78 is 26.9. The van der Waals surface area contributed by atoms with Crippen LogP contribution >= 0.6 is 0 Å². The van der Waals surface area contributed by atoms with Crippen molar-refractivity contribution in [3.05, 3.63) is 0 Å². The molecular weight excluding hydrogens is 170 g/mol. The summed E-state index contributed by atoms with van der Waals surface area (Å²) in [5, 5.41) is 7.36. The second kappa shape index (κ2) is 1.46. The van der Waals surface area contributed by atoms with Gasteiger partial charge in [0, 0.05) is 0 Å². The van der Waals surface area contributed by atoms with Crippen molar-refractivity contribution in [3.8, 4) is 4.46 Å². The van der Waals surface area contributed by atoms with Crippen molar-refractivity contribution in [3.63, 3.8) is 0 Å². The molecule has 34 valence electrons. The van der Waals surface area contributed by atoms with Gasteiger partial charge in [0.15, 0.2) is 0 Å². The molecule has 5 heteroatoms. The molecule has 0 amide bonds. The zero-order valence-electron chi connectivity index (χ0n) is 2.62. The van der Waals surface area contributed by atoms with Crippen LogP contribution in [-0.2, 0) is 23.2 Å². The summed E-state index contributed by atoms with van der Waals surface area (Å²) in [5.74, 6) is 0. The topological polar surface area (TPSA) is 78.2 Å². The summed E-state index contributed by atoms with van der Waals surface area (Å²) in [5.41, 5.74) is 0. The van der Waals surface area contributed by atoms with Gasteiger partial charge in [-0.1, -0.05) is 0 Å². The summed E-state index contributed by atoms with van der Waals surface area (Å²) in [6.07, 6.45) is 0. The SMILES string of the molecule is N#[C][Mo](=[O])(=[O])[OH]. The van der Waals surface area contributed by atoms with Crippen molar-refractivity contribution in [1.82, 2.24) is 0 Å². The molecule has 0 aromatic carbocycles. The van der Waals surface area contributed by atoms with Gasteiger partial charge in [-0.05, 0) is 0 Å². The first-order valence-electron chi connectivity index (χ1n) is 0.944. The Labute approximate surface area is 37.3 Å². The van der Waals surface area contributed by atoms with E-state index in [9.17, 15) is 6.80 Å². The molecule has 0 saturated carbocycles. The molecule has 0 rings (SSSR count). The Hall–Kier alpha value is -0.262. The second-order valence-electron chi connectivity index (χ2n) is 0.566. The van der Waals surface area contributed by atoms with Gasteiger partial charge in [-0.25, -0.2) is 0 Å². The van der Waals surface area contributed by atoms with E-state index in [1.165, 1.54) is 0 Å². The molecule has 0 aromatic rings. The molecule has 0 spiro atoms. The van der Waals surface area contributed by atoms with Crippen molar-refractivity contribution < 1.29 is 26.9 Å². The average molecular weight is 171 g/mol. The van der Waals surface area contributed by atoms with Crippen molar-refractivity contribution >= 4 is 0 Å². The Morgan fingerprint density at radius 3 is 1.83 bits per heavy atom. The molecule has 0 bridgehead atoms. The fraction of sp³-hybridized carbons (Fsp3) is 0. The van der Waals surface area contributed by atoms with E-state index < -0.39 is 16.4 Å². The molecule has 0 heterocycles. The molecule has 0 atom stereocenters. The third-order valence-electron chi connectivity index (χ3n) is 0.115. The van der Waals surface area contributed by atoms with Gasteiger partial charge in [0.05, 0.1) is 0 Å². The van der Waals surface area contributed by atoms with Gasteiger partial charge in [-0.15, -0.1) is 0 Å². The minimum absolute atomic E-state index is 0.739. The predicted octanol–water partition coefficient (Wildman–Crippen LogP) is -0.780. The maximum absolute atomic E-state index is 9.30. The molecule has 6 heavy (non-hydrogen) atoms. The first kappa shape index (κ1) is 5.74. The van der Waals surface area contributed by atoms with Gasteiger partial charge >= 0.3 is 36.6 Å². The van der Waals surface area contributed by atoms with E-state index in [1.807, 2.05) is 0 Å². The van der Waals surface area contributed by atoms with Crippen LogP contribution < -0.4 is 0 Å². The van der Waals surface area contributed by atoms with E-state index in [-0.39, 0.29) is 0 Å². The number of rotatable bonds is 0.